The summed E-state index contributed by atoms with van der Waals surface area (Å²) in [4.78, 5) is 9.46. The minimum atomic E-state index is -0.840. The van der Waals surface area contributed by atoms with Crippen molar-refractivity contribution >= 4 is 5.69 Å². The molecule has 5 nitrogen and oxygen atoms in total. The number of likely N-dealkylation sites (N-methyl/N-ethyl adjacent to an activating group) is 1. The molecule has 0 bridgehead atoms. The second-order valence-electron chi connectivity index (χ2n) is 8.66. The summed E-state index contributed by atoms with van der Waals surface area (Å²) >= 11 is 0. The van der Waals surface area contributed by atoms with Crippen molar-refractivity contribution < 1.29 is 5.11 Å². The average molecular weight is 419 g/mol. The standard InChI is InChI=1S/C26H34N4O/c1-4-26(31,5-2)25-11-10-23(19-27-25)30-13-12-21(20-30)18-22-8-6-7-9-24(22)29-16-14-28(3)15-17-29/h6-13,19-20,31H,4-5,14-18H2,1-3H3. The predicted molar refractivity (Wildman–Crippen MR) is 127 cm³/mol. The number of rotatable bonds is 7. The van der Waals surface area contributed by atoms with E-state index in [0.717, 1.165) is 44.0 Å². The average Bonchev–Trinajstić information content (AvgIpc) is 3.28. The van der Waals surface area contributed by atoms with E-state index in [-0.39, 0.29) is 0 Å². The molecule has 0 atom stereocenters. The lowest BCUT2D eigenvalue weighted by molar-refractivity contribution is 0.0240. The lowest BCUT2D eigenvalue weighted by atomic mass is 9.93. The van der Waals surface area contributed by atoms with Gasteiger partial charge in [0.2, 0.25) is 0 Å². The third-order valence-electron chi connectivity index (χ3n) is 6.68. The number of piperazine rings is 1. The van der Waals surface area contributed by atoms with Gasteiger partial charge in [0.15, 0.2) is 0 Å². The Morgan fingerprint density at radius 2 is 1.71 bits per heavy atom. The fraction of sp³-hybridized carbons (Fsp3) is 0.423. The lowest BCUT2D eigenvalue weighted by Gasteiger charge is -2.35. The number of anilines is 1. The second kappa shape index (κ2) is 9.25. The van der Waals surface area contributed by atoms with Gasteiger partial charge in [-0.3, -0.25) is 4.98 Å². The Morgan fingerprint density at radius 3 is 2.39 bits per heavy atom. The molecule has 2 aromatic heterocycles. The molecule has 0 saturated carbocycles. The van der Waals surface area contributed by atoms with Gasteiger partial charge in [0.25, 0.3) is 0 Å². The van der Waals surface area contributed by atoms with E-state index in [0.29, 0.717) is 12.8 Å². The van der Waals surface area contributed by atoms with E-state index in [1.54, 1.807) is 0 Å². The molecule has 0 radical (unpaired) electrons. The van der Waals surface area contributed by atoms with Gasteiger partial charge in [-0.05, 0) is 55.3 Å². The van der Waals surface area contributed by atoms with Crippen LogP contribution in [-0.2, 0) is 12.0 Å². The summed E-state index contributed by atoms with van der Waals surface area (Å²) in [7, 11) is 2.19. The van der Waals surface area contributed by atoms with Crippen LogP contribution in [0.25, 0.3) is 5.69 Å². The van der Waals surface area contributed by atoms with Crippen LogP contribution in [0.15, 0.2) is 61.1 Å². The van der Waals surface area contributed by atoms with E-state index in [1.165, 1.54) is 16.8 Å². The van der Waals surface area contributed by atoms with Crippen LogP contribution in [0.5, 0.6) is 0 Å². The number of hydrogen-bond acceptors (Lipinski definition) is 4. The van der Waals surface area contributed by atoms with E-state index >= 15 is 0 Å². The summed E-state index contributed by atoms with van der Waals surface area (Å²) in [6.45, 7) is 8.37. The summed E-state index contributed by atoms with van der Waals surface area (Å²) in [6, 6.07) is 15.0. The maximum absolute atomic E-state index is 10.7. The minimum absolute atomic E-state index is 0.663. The normalized spacial score (nSPS) is 15.4. The molecule has 31 heavy (non-hydrogen) atoms. The quantitative estimate of drug-likeness (QED) is 0.624. The number of hydrogen-bond donors (Lipinski definition) is 1. The van der Waals surface area contributed by atoms with Crippen molar-refractivity contribution in [1.29, 1.82) is 0 Å². The third kappa shape index (κ3) is 4.68. The monoisotopic (exact) mass is 418 g/mol. The number of aliphatic hydroxyl groups is 1. The van der Waals surface area contributed by atoms with Gasteiger partial charge in [-0.15, -0.1) is 0 Å². The van der Waals surface area contributed by atoms with Crippen molar-refractivity contribution in [2.75, 3.05) is 38.1 Å². The summed E-state index contributed by atoms with van der Waals surface area (Å²) in [5.41, 5.74) is 4.92. The molecule has 164 valence electrons. The topological polar surface area (TPSA) is 44.5 Å². The molecule has 5 heteroatoms. The molecule has 1 saturated heterocycles. The maximum Gasteiger partial charge on any atom is 0.106 e. The minimum Gasteiger partial charge on any atom is -0.384 e. The molecule has 4 rings (SSSR count). The number of benzene rings is 1. The Bertz CT molecular complexity index is 983. The molecule has 0 spiro atoms. The fourth-order valence-electron chi connectivity index (χ4n) is 4.37. The van der Waals surface area contributed by atoms with Crippen LogP contribution in [0.4, 0.5) is 5.69 Å². The van der Waals surface area contributed by atoms with Crippen molar-refractivity contribution in [1.82, 2.24) is 14.5 Å². The lowest BCUT2D eigenvalue weighted by Crippen LogP contribution is -2.44. The van der Waals surface area contributed by atoms with Crippen molar-refractivity contribution in [2.24, 2.45) is 0 Å². The summed E-state index contributed by atoms with van der Waals surface area (Å²) in [6.07, 6.45) is 8.37. The Balaban J connectivity index is 1.50. The van der Waals surface area contributed by atoms with Gasteiger partial charge in [0.05, 0.1) is 17.6 Å². The molecule has 0 amide bonds. The molecule has 1 fully saturated rings. The molecule has 1 N–H and O–H groups in total. The first kappa shape index (κ1) is 21.6. The van der Waals surface area contributed by atoms with Crippen LogP contribution < -0.4 is 4.90 Å². The van der Waals surface area contributed by atoms with Crippen LogP contribution >= 0.6 is 0 Å². The first-order valence-electron chi connectivity index (χ1n) is 11.4. The van der Waals surface area contributed by atoms with Gasteiger partial charge in [0.1, 0.15) is 5.60 Å². The van der Waals surface area contributed by atoms with Crippen molar-refractivity contribution in [2.45, 2.75) is 38.7 Å². The van der Waals surface area contributed by atoms with Crippen molar-refractivity contribution in [3.63, 3.8) is 0 Å². The van der Waals surface area contributed by atoms with Gasteiger partial charge in [-0.2, -0.15) is 0 Å². The Labute approximate surface area is 186 Å². The van der Waals surface area contributed by atoms with Gasteiger partial charge in [-0.25, -0.2) is 0 Å². The van der Waals surface area contributed by atoms with Crippen molar-refractivity contribution in [3.05, 3.63) is 77.9 Å². The number of aromatic nitrogens is 2. The molecule has 1 aliphatic heterocycles. The Morgan fingerprint density at radius 1 is 0.968 bits per heavy atom. The van der Waals surface area contributed by atoms with E-state index in [9.17, 15) is 5.11 Å². The first-order chi connectivity index (χ1) is 15.0. The van der Waals surface area contributed by atoms with Gasteiger partial charge < -0.3 is 19.5 Å². The Kier molecular flexibility index (Phi) is 6.44. The summed E-state index contributed by atoms with van der Waals surface area (Å²) in [5, 5.41) is 10.7. The SMILES string of the molecule is CCC(O)(CC)c1ccc(-n2ccc(Cc3ccccc3N3CCN(C)CC3)c2)cn1. The molecule has 0 unspecified atom stereocenters. The smallest absolute Gasteiger partial charge is 0.106 e. The predicted octanol–water partition coefficient (Wildman–Crippen LogP) is 4.22. The van der Waals surface area contributed by atoms with E-state index in [4.69, 9.17) is 0 Å². The van der Waals surface area contributed by atoms with Crippen LogP contribution in [0.1, 0.15) is 43.5 Å². The first-order valence-corrected chi connectivity index (χ1v) is 11.4. The van der Waals surface area contributed by atoms with Crippen LogP contribution in [0, 0.1) is 0 Å². The zero-order valence-corrected chi connectivity index (χ0v) is 19.0. The highest BCUT2D eigenvalue weighted by Gasteiger charge is 2.26. The zero-order valence-electron chi connectivity index (χ0n) is 19.0. The van der Waals surface area contributed by atoms with Gasteiger partial charge in [-0.1, -0.05) is 32.0 Å². The maximum atomic E-state index is 10.7. The van der Waals surface area contributed by atoms with E-state index < -0.39 is 5.60 Å². The second-order valence-corrected chi connectivity index (χ2v) is 8.66. The molecule has 3 heterocycles. The van der Waals surface area contributed by atoms with Crippen LogP contribution in [0.2, 0.25) is 0 Å². The zero-order chi connectivity index (χ0) is 21.8. The molecule has 3 aromatic rings. The van der Waals surface area contributed by atoms with E-state index in [2.05, 4.69) is 69.1 Å². The fourth-order valence-corrected chi connectivity index (χ4v) is 4.37. The van der Waals surface area contributed by atoms with Gasteiger partial charge in [0, 0.05) is 50.7 Å². The Hall–Kier alpha value is -2.63. The number of nitrogens with zero attached hydrogens (tertiary/aromatic N) is 4. The van der Waals surface area contributed by atoms with Crippen molar-refractivity contribution in [3.8, 4) is 5.69 Å². The summed E-state index contributed by atoms with van der Waals surface area (Å²) in [5.74, 6) is 0. The van der Waals surface area contributed by atoms with Gasteiger partial charge >= 0.3 is 0 Å². The highest BCUT2D eigenvalue weighted by molar-refractivity contribution is 5.55. The highest BCUT2D eigenvalue weighted by Crippen LogP contribution is 2.28. The highest BCUT2D eigenvalue weighted by atomic mass is 16.3. The molecule has 0 aliphatic carbocycles. The molecular weight excluding hydrogens is 384 g/mol. The largest absolute Gasteiger partial charge is 0.384 e. The van der Waals surface area contributed by atoms with Crippen LogP contribution in [0.3, 0.4) is 0 Å². The third-order valence-corrected chi connectivity index (χ3v) is 6.68. The number of para-hydroxylation sites is 1. The van der Waals surface area contributed by atoms with Crippen LogP contribution in [-0.4, -0.2) is 52.8 Å². The summed E-state index contributed by atoms with van der Waals surface area (Å²) < 4.78 is 2.11. The molecular formula is C26H34N4O. The van der Waals surface area contributed by atoms with E-state index in [1.807, 2.05) is 32.2 Å². The number of pyridine rings is 1. The molecule has 1 aromatic carbocycles. The molecule has 1 aliphatic rings.